The van der Waals surface area contributed by atoms with Crippen LogP contribution in [0.1, 0.15) is 48.9 Å². The van der Waals surface area contributed by atoms with Crippen LogP contribution >= 0.6 is 11.8 Å². The van der Waals surface area contributed by atoms with E-state index in [1.807, 2.05) is 13.0 Å². The Bertz CT molecular complexity index is 395. The van der Waals surface area contributed by atoms with Crippen molar-refractivity contribution in [3.8, 4) is 0 Å². The van der Waals surface area contributed by atoms with Gasteiger partial charge in [0.15, 0.2) is 5.78 Å². The zero-order valence-corrected chi connectivity index (χ0v) is 12.4. The van der Waals surface area contributed by atoms with E-state index in [1.165, 1.54) is 5.69 Å². The van der Waals surface area contributed by atoms with E-state index in [0.29, 0.717) is 11.0 Å². The molecular weight excluding hydrogens is 230 g/mol. The predicted molar refractivity (Wildman–Crippen MR) is 76.1 cm³/mol. The van der Waals surface area contributed by atoms with Crippen molar-refractivity contribution in [3.63, 3.8) is 0 Å². The lowest BCUT2D eigenvalue weighted by molar-refractivity contribution is 0.102. The van der Waals surface area contributed by atoms with E-state index in [-0.39, 0.29) is 5.78 Å². The summed E-state index contributed by atoms with van der Waals surface area (Å²) < 4.78 is 2.20. The average Bonchev–Trinajstić information content (AvgIpc) is 2.60. The van der Waals surface area contributed by atoms with Gasteiger partial charge in [0, 0.05) is 28.7 Å². The second-order valence-electron chi connectivity index (χ2n) is 4.48. The minimum Gasteiger partial charge on any atom is -0.349 e. The fourth-order valence-electron chi connectivity index (χ4n) is 1.98. The van der Waals surface area contributed by atoms with Crippen molar-refractivity contribution in [2.45, 2.75) is 52.8 Å². The number of rotatable bonds is 6. The van der Waals surface area contributed by atoms with Gasteiger partial charge in [-0.25, -0.2) is 0 Å². The number of ketones is 1. The molecule has 96 valence electrons. The van der Waals surface area contributed by atoms with E-state index in [0.717, 1.165) is 24.2 Å². The van der Waals surface area contributed by atoms with Crippen LogP contribution in [0.2, 0.25) is 0 Å². The van der Waals surface area contributed by atoms with E-state index >= 15 is 0 Å². The van der Waals surface area contributed by atoms with Crippen LogP contribution in [-0.4, -0.2) is 21.4 Å². The van der Waals surface area contributed by atoms with Crippen LogP contribution in [0.4, 0.5) is 0 Å². The number of thioether (sulfide) groups is 1. The van der Waals surface area contributed by atoms with Crippen molar-refractivity contribution >= 4 is 17.5 Å². The highest BCUT2D eigenvalue weighted by Crippen LogP contribution is 2.20. The molecule has 0 bridgehead atoms. The third kappa shape index (κ3) is 3.38. The van der Waals surface area contributed by atoms with E-state index in [2.05, 4.69) is 32.3 Å². The Labute approximate surface area is 109 Å². The summed E-state index contributed by atoms with van der Waals surface area (Å²) in [6.45, 7) is 11.5. The van der Waals surface area contributed by atoms with Gasteiger partial charge in [-0.1, -0.05) is 13.8 Å². The molecule has 1 heterocycles. The third-order valence-electron chi connectivity index (χ3n) is 3.26. The number of aromatic nitrogens is 1. The summed E-state index contributed by atoms with van der Waals surface area (Å²) in [6.07, 6.45) is 1.12. The monoisotopic (exact) mass is 253 g/mol. The Morgan fingerprint density at radius 3 is 2.53 bits per heavy atom. The van der Waals surface area contributed by atoms with Crippen molar-refractivity contribution in [2.75, 3.05) is 5.75 Å². The first-order valence-corrected chi connectivity index (χ1v) is 7.37. The highest BCUT2D eigenvalue weighted by Gasteiger charge is 2.15. The van der Waals surface area contributed by atoms with Crippen LogP contribution in [0, 0.1) is 13.8 Å². The standard InChI is InChI=1S/C14H23NOS/c1-6-11(4)17-9-14(16)13-8-10(3)15(7-2)12(13)5/h8,11H,6-7,9H2,1-5H3. The smallest absolute Gasteiger partial charge is 0.174 e. The second kappa shape index (κ2) is 6.29. The van der Waals surface area contributed by atoms with Gasteiger partial charge in [-0.05, 0) is 33.3 Å². The molecule has 0 saturated heterocycles. The van der Waals surface area contributed by atoms with Crippen LogP contribution < -0.4 is 0 Å². The van der Waals surface area contributed by atoms with Crippen molar-refractivity contribution in [3.05, 3.63) is 23.0 Å². The van der Waals surface area contributed by atoms with E-state index in [9.17, 15) is 4.79 Å². The number of hydrogen-bond donors (Lipinski definition) is 0. The fourth-order valence-corrected chi connectivity index (χ4v) is 2.81. The number of carbonyl (C=O) groups excluding carboxylic acids is 1. The average molecular weight is 253 g/mol. The van der Waals surface area contributed by atoms with Crippen molar-refractivity contribution in [2.24, 2.45) is 0 Å². The molecule has 0 spiro atoms. The molecule has 0 radical (unpaired) electrons. The van der Waals surface area contributed by atoms with Crippen LogP contribution in [-0.2, 0) is 6.54 Å². The number of Topliss-reactive ketones (excluding diaryl/α,β-unsaturated/α-hetero) is 1. The second-order valence-corrected chi connectivity index (χ2v) is 5.91. The lowest BCUT2D eigenvalue weighted by atomic mass is 10.2. The highest BCUT2D eigenvalue weighted by atomic mass is 32.2. The molecule has 1 aromatic rings. The molecule has 0 amide bonds. The van der Waals surface area contributed by atoms with Gasteiger partial charge in [0.2, 0.25) is 0 Å². The Balaban J connectivity index is 2.76. The maximum absolute atomic E-state index is 12.1. The maximum Gasteiger partial charge on any atom is 0.174 e. The van der Waals surface area contributed by atoms with Gasteiger partial charge in [0.1, 0.15) is 0 Å². The quantitative estimate of drug-likeness (QED) is 0.719. The molecule has 0 N–H and O–H groups in total. The molecule has 1 atom stereocenters. The zero-order chi connectivity index (χ0) is 13.0. The summed E-state index contributed by atoms with van der Waals surface area (Å²) in [6, 6.07) is 2.03. The minimum atomic E-state index is 0.267. The molecule has 0 saturated carbocycles. The van der Waals surface area contributed by atoms with Crippen LogP contribution in [0.5, 0.6) is 0 Å². The van der Waals surface area contributed by atoms with E-state index < -0.39 is 0 Å². The number of nitrogens with zero attached hydrogens (tertiary/aromatic N) is 1. The molecule has 1 aromatic heterocycles. The number of carbonyl (C=O) groups is 1. The SMILES string of the molecule is CCC(C)SCC(=O)c1cc(C)n(CC)c1C. The van der Waals surface area contributed by atoms with Gasteiger partial charge in [-0.15, -0.1) is 0 Å². The molecule has 0 aliphatic heterocycles. The van der Waals surface area contributed by atoms with Crippen molar-refractivity contribution < 1.29 is 4.79 Å². The van der Waals surface area contributed by atoms with Crippen LogP contribution in [0.25, 0.3) is 0 Å². The van der Waals surface area contributed by atoms with Gasteiger partial charge in [0.05, 0.1) is 5.75 Å². The van der Waals surface area contributed by atoms with Gasteiger partial charge in [-0.3, -0.25) is 4.79 Å². The fraction of sp³-hybridized carbons (Fsp3) is 0.643. The first-order chi connectivity index (χ1) is 8.01. The Morgan fingerprint density at radius 2 is 2.06 bits per heavy atom. The first-order valence-electron chi connectivity index (χ1n) is 6.32. The topological polar surface area (TPSA) is 22.0 Å². The summed E-state index contributed by atoms with van der Waals surface area (Å²) in [5, 5.41) is 0.564. The molecule has 3 heteroatoms. The first kappa shape index (κ1) is 14.4. The summed E-state index contributed by atoms with van der Waals surface area (Å²) in [7, 11) is 0. The van der Waals surface area contributed by atoms with Gasteiger partial charge in [-0.2, -0.15) is 11.8 Å². The minimum absolute atomic E-state index is 0.267. The molecule has 0 fully saturated rings. The van der Waals surface area contributed by atoms with Crippen molar-refractivity contribution in [1.82, 2.24) is 4.57 Å². The molecule has 1 unspecified atom stereocenters. The predicted octanol–water partition coefficient (Wildman–Crippen LogP) is 3.84. The molecule has 0 aliphatic carbocycles. The number of aryl methyl sites for hydroxylation is 1. The normalized spacial score (nSPS) is 12.8. The molecular formula is C14H23NOS. The third-order valence-corrected chi connectivity index (χ3v) is 4.60. The Hall–Kier alpha value is -0.700. The molecule has 0 aromatic carbocycles. The summed E-state index contributed by atoms with van der Waals surface area (Å²) in [5.74, 6) is 0.867. The zero-order valence-electron chi connectivity index (χ0n) is 11.5. The van der Waals surface area contributed by atoms with Crippen LogP contribution in [0.15, 0.2) is 6.07 Å². The summed E-state index contributed by atoms with van der Waals surface area (Å²) in [4.78, 5) is 12.1. The molecule has 0 aliphatic rings. The van der Waals surface area contributed by atoms with Gasteiger partial charge < -0.3 is 4.57 Å². The van der Waals surface area contributed by atoms with Crippen LogP contribution in [0.3, 0.4) is 0 Å². The molecule has 1 rings (SSSR count). The van der Waals surface area contributed by atoms with Gasteiger partial charge >= 0.3 is 0 Å². The van der Waals surface area contributed by atoms with Gasteiger partial charge in [0.25, 0.3) is 0 Å². The van der Waals surface area contributed by atoms with Crippen molar-refractivity contribution in [1.29, 1.82) is 0 Å². The van der Waals surface area contributed by atoms with E-state index in [4.69, 9.17) is 0 Å². The highest BCUT2D eigenvalue weighted by molar-refractivity contribution is 8.00. The lowest BCUT2D eigenvalue weighted by Gasteiger charge is -2.08. The number of hydrogen-bond acceptors (Lipinski definition) is 2. The molecule has 2 nitrogen and oxygen atoms in total. The summed E-state index contributed by atoms with van der Waals surface area (Å²) in [5.41, 5.74) is 3.20. The maximum atomic E-state index is 12.1. The Kier molecular flexibility index (Phi) is 5.31. The van der Waals surface area contributed by atoms with E-state index in [1.54, 1.807) is 11.8 Å². The lowest BCUT2D eigenvalue weighted by Crippen LogP contribution is -2.08. The Morgan fingerprint density at radius 1 is 1.41 bits per heavy atom. The molecule has 17 heavy (non-hydrogen) atoms. The largest absolute Gasteiger partial charge is 0.349 e. The summed E-state index contributed by atoms with van der Waals surface area (Å²) >= 11 is 1.75.